The number of hydrogen-bond donors (Lipinski definition) is 2. The van der Waals surface area contributed by atoms with E-state index in [2.05, 4.69) is 5.32 Å². The largest absolute Gasteiger partial charge is 0.325 e. The Bertz CT molecular complexity index is 219. The van der Waals surface area contributed by atoms with Crippen molar-refractivity contribution in [2.45, 2.75) is 11.3 Å². The minimum atomic E-state index is -2.94. The zero-order valence-electron chi connectivity index (χ0n) is 6.69. The molecule has 1 heterocycles. The maximum absolute atomic E-state index is 10.9. The summed E-state index contributed by atoms with van der Waals surface area (Å²) in [5, 5.41) is 2.54. The molecule has 0 aromatic carbocycles. The minimum Gasteiger partial charge on any atom is -0.325 e. The van der Waals surface area contributed by atoms with E-state index in [1.165, 1.54) is 6.26 Å². The standard InChI is InChI=1S/C5H12N2O2S.2ClH/c1-10(8,9)5-3-7-2-4(5)6;;/h4-5,7H,2-3,6H2,1H3;2*1H/t4-,5-;;/m1../s1. The summed E-state index contributed by atoms with van der Waals surface area (Å²) in [6.07, 6.45) is 1.23. The van der Waals surface area contributed by atoms with Gasteiger partial charge in [-0.1, -0.05) is 0 Å². The molecule has 4 nitrogen and oxygen atoms in total. The molecule has 1 aliphatic rings. The van der Waals surface area contributed by atoms with E-state index in [1.807, 2.05) is 0 Å². The molecule has 0 amide bonds. The van der Waals surface area contributed by atoms with Crippen LogP contribution in [0.25, 0.3) is 0 Å². The Hall–Kier alpha value is 0.450. The van der Waals surface area contributed by atoms with E-state index in [0.717, 1.165) is 0 Å². The molecule has 0 saturated carbocycles. The second-order valence-corrected chi connectivity index (χ2v) is 4.95. The van der Waals surface area contributed by atoms with Crippen molar-refractivity contribution < 1.29 is 8.42 Å². The molecule has 0 radical (unpaired) electrons. The molecule has 0 unspecified atom stereocenters. The number of nitrogens with two attached hydrogens (primary N) is 1. The zero-order chi connectivity index (χ0) is 7.78. The van der Waals surface area contributed by atoms with Gasteiger partial charge < -0.3 is 11.1 Å². The van der Waals surface area contributed by atoms with Crippen LogP contribution in [0.3, 0.4) is 0 Å². The smallest absolute Gasteiger partial charge is 0.153 e. The predicted molar refractivity (Wildman–Crippen MR) is 54.0 cm³/mol. The SMILES string of the molecule is CS(=O)(=O)[C@@H]1CNC[C@H]1N.Cl.Cl. The molecule has 7 heteroatoms. The Morgan fingerprint density at radius 3 is 2.00 bits per heavy atom. The summed E-state index contributed by atoms with van der Waals surface area (Å²) in [7, 11) is -2.94. The highest BCUT2D eigenvalue weighted by molar-refractivity contribution is 7.91. The number of nitrogens with one attached hydrogen (secondary N) is 1. The molecule has 0 aliphatic carbocycles. The number of halogens is 2. The van der Waals surface area contributed by atoms with Gasteiger partial charge in [-0.15, -0.1) is 24.8 Å². The molecule has 0 aromatic heterocycles. The van der Waals surface area contributed by atoms with Crippen LogP contribution in [0.15, 0.2) is 0 Å². The maximum atomic E-state index is 10.9. The van der Waals surface area contributed by atoms with Gasteiger partial charge in [0, 0.05) is 25.4 Å². The topological polar surface area (TPSA) is 72.2 Å². The summed E-state index contributed by atoms with van der Waals surface area (Å²) < 4.78 is 21.8. The average Bonchev–Trinajstić information content (AvgIpc) is 2.11. The van der Waals surface area contributed by atoms with E-state index < -0.39 is 9.84 Å². The van der Waals surface area contributed by atoms with Crippen LogP contribution >= 0.6 is 24.8 Å². The fourth-order valence-corrected chi connectivity index (χ4v) is 2.30. The first-order valence-electron chi connectivity index (χ1n) is 3.17. The molecule has 1 aliphatic heterocycles. The molecule has 2 atom stereocenters. The lowest BCUT2D eigenvalue weighted by atomic mass is 10.3. The Labute approximate surface area is 85.0 Å². The first kappa shape index (κ1) is 14.9. The summed E-state index contributed by atoms with van der Waals surface area (Å²) in [6.45, 7) is 1.11. The van der Waals surface area contributed by atoms with Gasteiger partial charge in [0.05, 0.1) is 5.25 Å². The summed E-state index contributed by atoms with van der Waals surface area (Å²) in [5.41, 5.74) is 5.52. The van der Waals surface area contributed by atoms with Crippen molar-refractivity contribution in [1.82, 2.24) is 5.32 Å². The van der Waals surface area contributed by atoms with Crippen molar-refractivity contribution in [3.05, 3.63) is 0 Å². The Balaban J connectivity index is 0. The molecule has 76 valence electrons. The molecular weight excluding hydrogens is 223 g/mol. The fourth-order valence-electron chi connectivity index (χ4n) is 1.14. The molecule has 0 bridgehead atoms. The van der Waals surface area contributed by atoms with E-state index >= 15 is 0 Å². The van der Waals surface area contributed by atoms with Crippen LogP contribution in [0, 0.1) is 0 Å². The molecule has 3 N–H and O–H groups in total. The fraction of sp³-hybridized carbons (Fsp3) is 1.00. The van der Waals surface area contributed by atoms with Gasteiger partial charge in [-0.25, -0.2) is 8.42 Å². The van der Waals surface area contributed by atoms with Crippen molar-refractivity contribution in [1.29, 1.82) is 0 Å². The van der Waals surface area contributed by atoms with Crippen LogP contribution in [0.5, 0.6) is 0 Å². The summed E-state index contributed by atoms with van der Waals surface area (Å²) in [6, 6.07) is -0.227. The highest BCUT2D eigenvalue weighted by Gasteiger charge is 2.31. The third-order valence-electron chi connectivity index (χ3n) is 1.75. The molecule has 1 fully saturated rings. The van der Waals surface area contributed by atoms with Crippen molar-refractivity contribution in [2.75, 3.05) is 19.3 Å². The zero-order valence-corrected chi connectivity index (χ0v) is 9.14. The molecule has 0 spiro atoms. The van der Waals surface area contributed by atoms with E-state index in [-0.39, 0.29) is 36.1 Å². The minimum absolute atomic E-state index is 0. The Morgan fingerprint density at radius 1 is 1.33 bits per heavy atom. The second-order valence-electron chi connectivity index (χ2n) is 2.69. The van der Waals surface area contributed by atoms with Crippen LogP contribution in [0.4, 0.5) is 0 Å². The first-order valence-corrected chi connectivity index (χ1v) is 5.12. The van der Waals surface area contributed by atoms with Gasteiger partial charge in [0.2, 0.25) is 0 Å². The number of rotatable bonds is 1. The highest BCUT2D eigenvalue weighted by atomic mass is 35.5. The summed E-state index contributed by atoms with van der Waals surface area (Å²) in [5.74, 6) is 0. The van der Waals surface area contributed by atoms with Crippen LogP contribution in [0.1, 0.15) is 0 Å². The van der Waals surface area contributed by atoms with Crippen molar-refractivity contribution in [3.8, 4) is 0 Å². The highest BCUT2D eigenvalue weighted by Crippen LogP contribution is 2.06. The van der Waals surface area contributed by atoms with E-state index in [0.29, 0.717) is 13.1 Å². The van der Waals surface area contributed by atoms with Gasteiger partial charge in [-0.2, -0.15) is 0 Å². The molecular formula is C5H14Cl2N2O2S. The van der Waals surface area contributed by atoms with Crippen molar-refractivity contribution >= 4 is 34.7 Å². The van der Waals surface area contributed by atoms with E-state index in [9.17, 15) is 8.42 Å². The molecule has 1 saturated heterocycles. The number of hydrogen-bond acceptors (Lipinski definition) is 4. The van der Waals surface area contributed by atoms with Gasteiger partial charge >= 0.3 is 0 Å². The van der Waals surface area contributed by atoms with Crippen LogP contribution in [0.2, 0.25) is 0 Å². The molecule has 1 rings (SSSR count). The maximum Gasteiger partial charge on any atom is 0.153 e. The average molecular weight is 237 g/mol. The monoisotopic (exact) mass is 236 g/mol. The first-order chi connectivity index (χ1) is 4.52. The van der Waals surface area contributed by atoms with Gasteiger partial charge in [-0.3, -0.25) is 0 Å². The molecule has 12 heavy (non-hydrogen) atoms. The Morgan fingerprint density at radius 2 is 1.83 bits per heavy atom. The van der Waals surface area contributed by atoms with Crippen molar-refractivity contribution in [2.24, 2.45) is 5.73 Å². The lowest BCUT2D eigenvalue weighted by Crippen LogP contribution is -2.38. The lowest BCUT2D eigenvalue weighted by Gasteiger charge is -2.10. The molecule has 0 aromatic rings. The van der Waals surface area contributed by atoms with E-state index in [4.69, 9.17) is 5.73 Å². The second kappa shape index (κ2) is 5.24. The summed E-state index contributed by atoms with van der Waals surface area (Å²) in [4.78, 5) is 0. The predicted octanol–water partition coefficient (Wildman–Crippen LogP) is -0.826. The van der Waals surface area contributed by atoms with E-state index in [1.54, 1.807) is 0 Å². The normalized spacial score (nSPS) is 28.8. The number of sulfone groups is 1. The third kappa shape index (κ3) is 3.45. The van der Waals surface area contributed by atoms with Crippen LogP contribution in [-0.4, -0.2) is 39.1 Å². The lowest BCUT2D eigenvalue weighted by molar-refractivity contribution is 0.581. The third-order valence-corrected chi connectivity index (χ3v) is 3.37. The van der Waals surface area contributed by atoms with Gasteiger partial charge in [0.1, 0.15) is 0 Å². The van der Waals surface area contributed by atoms with Gasteiger partial charge in [-0.05, 0) is 0 Å². The van der Waals surface area contributed by atoms with Crippen LogP contribution in [-0.2, 0) is 9.84 Å². The van der Waals surface area contributed by atoms with Crippen molar-refractivity contribution in [3.63, 3.8) is 0 Å². The quantitative estimate of drug-likeness (QED) is 0.624. The summed E-state index contributed by atoms with van der Waals surface area (Å²) >= 11 is 0. The van der Waals surface area contributed by atoms with Gasteiger partial charge in [0.15, 0.2) is 9.84 Å². The Kier molecular flexibility index (Phi) is 6.52. The van der Waals surface area contributed by atoms with Gasteiger partial charge in [0.25, 0.3) is 0 Å². The van der Waals surface area contributed by atoms with Crippen LogP contribution < -0.4 is 11.1 Å².